The van der Waals surface area contributed by atoms with Crippen molar-refractivity contribution < 1.29 is 9.13 Å². The Morgan fingerprint density at radius 2 is 2.14 bits per heavy atom. The summed E-state index contributed by atoms with van der Waals surface area (Å²) >= 11 is 0. The third-order valence-electron chi connectivity index (χ3n) is 3.37. The van der Waals surface area contributed by atoms with Gasteiger partial charge in [0.25, 0.3) is 0 Å². The zero-order valence-corrected chi connectivity index (χ0v) is 12.7. The number of pyridine rings is 1. The van der Waals surface area contributed by atoms with Crippen molar-refractivity contribution >= 4 is 33.1 Å². The van der Waals surface area contributed by atoms with E-state index in [1.165, 1.54) is 6.20 Å². The number of hydrogen-bond acceptors (Lipinski definition) is 5. The van der Waals surface area contributed by atoms with Gasteiger partial charge in [0.05, 0.1) is 10.4 Å². The number of nitrogens with one attached hydrogen (secondary N) is 1. The molecule has 1 N–H and O–H groups in total. The van der Waals surface area contributed by atoms with Crippen molar-refractivity contribution in [2.24, 2.45) is 0 Å². The lowest BCUT2D eigenvalue weighted by Crippen LogP contribution is -2.15. The van der Waals surface area contributed by atoms with E-state index in [0.717, 1.165) is 5.39 Å². The molecule has 7 heteroatoms. The predicted molar refractivity (Wildman–Crippen MR) is 85.0 cm³/mol. The average Bonchev–Trinajstić information content (AvgIpc) is 2.46. The molecule has 0 aliphatic rings. The molecule has 2 atom stereocenters. The maximum absolute atomic E-state index is 11.3. The first-order chi connectivity index (χ1) is 10.0. The van der Waals surface area contributed by atoms with E-state index in [1.54, 1.807) is 12.3 Å². The topological polar surface area (TPSA) is 85.1 Å². The first kappa shape index (κ1) is 15.4. The molecule has 2 aromatic rings. The first-order valence-corrected chi connectivity index (χ1v) is 8.21. The van der Waals surface area contributed by atoms with Crippen LogP contribution in [0.3, 0.4) is 0 Å². The van der Waals surface area contributed by atoms with E-state index in [9.17, 15) is 14.3 Å². The second-order valence-electron chi connectivity index (χ2n) is 4.82. The molecular weight excluding hydrogens is 290 g/mol. The monoisotopic (exact) mass is 307 g/mol. The second kappa shape index (κ2) is 6.62. The van der Waals surface area contributed by atoms with Crippen LogP contribution < -0.4 is 5.32 Å². The van der Waals surface area contributed by atoms with Gasteiger partial charge in [0.15, 0.2) is 0 Å². The van der Waals surface area contributed by atoms with Gasteiger partial charge in [-0.15, -0.1) is 0 Å². The van der Waals surface area contributed by atoms with Crippen molar-refractivity contribution in [2.75, 3.05) is 18.1 Å². The molecule has 21 heavy (non-hydrogen) atoms. The molecule has 0 aliphatic carbocycles. The minimum Gasteiger partial charge on any atom is -0.379 e. The molecule has 112 valence electrons. The Labute approximate surface area is 125 Å². The van der Waals surface area contributed by atoms with Gasteiger partial charge in [0, 0.05) is 34.2 Å². The summed E-state index contributed by atoms with van der Waals surface area (Å²) in [5.41, 5.74) is 1.14. The van der Waals surface area contributed by atoms with Crippen LogP contribution in [0, 0.1) is 10.1 Å². The molecule has 0 aliphatic heterocycles. The number of nitrogens with zero attached hydrogens (tertiary/aromatic N) is 2. The van der Waals surface area contributed by atoms with Crippen LogP contribution in [0.25, 0.3) is 10.9 Å². The van der Waals surface area contributed by atoms with E-state index in [1.807, 2.05) is 25.1 Å². The highest BCUT2D eigenvalue weighted by molar-refractivity contribution is 7.84. The molecule has 0 bridgehead atoms. The van der Waals surface area contributed by atoms with Gasteiger partial charge in [0.1, 0.15) is 11.9 Å². The van der Waals surface area contributed by atoms with Crippen molar-refractivity contribution in [2.45, 2.75) is 18.6 Å². The number of anilines is 1. The standard InChI is InChI=1S/C14H17N3O3S/c1-10(21(2)20)7-8-15-14-11-5-3-4-6-12(11)16-9-13(14)17(18)19/h3-6,9-10H,7-8H2,1-2H3,(H,15,16). The number of fused-ring (bicyclic) bond motifs is 1. The summed E-state index contributed by atoms with van der Waals surface area (Å²) in [7, 11) is -0.896. The quantitative estimate of drug-likeness (QED) is 0.655. The highest BCUT2D eigenvalue weighted by Crippen LogP contribution is 2.31. The largest absolute Gasteiger partial charge is 0.379 e. The van der Waals surface area contributed by atoms with Gasteiger partial charge >= 0.3 is 5.69 Å². The number of nitro groups is 1. The van der Waals surface area contributed by atoms with E-state index in [0.29, 0.717) is 24.2 Å². The Balaban J connectivity index is 2.29. The third-order valence-corrected chi connectivity index (χ3v) is 4.74. The van der Waals surface area contributed by atoms with Gasteiger partial charge in [0.2, 0.25) is 0 Å². The van der Waals surface area contributed by atoms with E-state index >= 15 is 0 Å². The predicted octanol–water partition coefficient (Wildman–Crippen LogP) is 2.71. The molecule has 1 aromatic heterocycles. The fourth-order valence-corrected chi connectivity index (χ4v) is 2.47. The lowest BCUT2D eigenvalue weighted by molar-refractivity contribution is -0.384. The van der Waals surface area contributed by atoms with Crippen LogP contribution in [0.15, 0.2) is 30.5 Å². The number of hydrogen-bond donors (Lipinski definition) is 1. The molecule has 1 heterocycles. The molecule has 6 nitrogen and oxygen atoms in total. The molecule has 0 saturated carbocycles. The minimum atomic E-state index is -0.896. The van der Waals surface area contributed by atoms with Crippen molar-refractivity contribution in [1.29, 1.82) is 0 Å². The highest BCUT2D eigenvalue weighted by atomic mass is 32.2. The number of para-hydroxylation sites is 1. The van der Waals surface area contributed by atoms with Gasteiger partial charge in [-0.1, -0.05) is 25.1 Å². The molecule has 0 radical (unpaired) electrons. The maximum Gasteiger partial charge on any atom is 0.311 e. The highest BCUT2D eigenvalue weighted by Gasteiger charge is 2.18. The molecule has 2 rings (SSSR count). The van der Waals surface area contributed by atoms with E-state index < -0.39 is 15.7 Å². The Morgan fingerprint density at radius 1 is 1.43 bits per heavy atom. The fraction of sp³-hybridized carbons (Fsp3) is 0.357. The first-order valence-electron chi connectivity index (χ1n) is 6.59. The van der Waals surface area contributed by atoms with E-state index in [2.05, 4.69) is 10.3 Å². The number of benzene rings is 1. The molecule has 0 saturated heterocycles. The van der Waals surface area contributed by atoms with Crippen LogP contribution in [0.5, 0.6) is 0 Å². The Bertz CT molecular complexity index is 690. The van der Waals surface area contributed by atoms with Crippen LogP contribution >= 0.6 is 0 Å². The summed E-state index contributed by atoms with van der Waals surface area (Å²) in [4.78, 5) is 14.8. The van der Waals surface area contributed by atoms with Crippen LogP contribution in [0.4, 0.5) is 11.4 Å². The SMILES string of the molecule is CC(CCNc1c([N+](=O)[O-])cnc2ccccc12)S(C)=O. The second-order valence-corrected chi connectivity index (χ2v) is 6.62. The van der Waals surface area contributed by atoms with E-state index in [-0.39, 0.29) is 10.9 Å². The Kier molecular flexibility index (Phi) is 4.85. The zero-order chi connectivity index (χ0) is 15.4. The fourth-order valence-electron chi connectivity index (χ4n) is 2.02. The minimum absolute atomic E-state index is 0.0426. The van der Waals surface area contributed by atoms with Gasteiger partial charge in [-0.25, -0.2) is 4.98 Å². The van der Waals surface area contributed by atoms with Crippen LogP contribution in [-0.2, 0) is 10.8 Å². The molecule has 0 fully saturated rings. The number of aromatic nitrogens is 1. The molecule has 0 amide bonds. The van der Waals surface area contributed by atoms with Gasteiger partial charge < -0.3 is 5.32 Å². The average molecular weight is 307 g/mol. The molecule has 1 aromatic carbocycles. The summed E-state index contributed by atoms with van der Waals surface area (Å²) in [6, 6.07) is 7.28. The summed E-state index contributed by atoms with van der Waals surface area (Å²) in [6.07, 6.45) is 3.61. The maximum atomic E-state index is 11.3. The summed E-state index contributed by atoms with van der Waals surface area (Å²) in [5.74, 6) is 0. The smallest absolute Gasteiger partial charge is 0.311 e. The van der Waals surface area contributed by atoms with Crippen molar-refractivity contribution in [3.63, 3.8) is 0 Å². The van der Waals surface area contributed by atoms with Crippen LogP contribution in [-0.4, -0.2) is 32.2 Å². The van der Waals surface area contributed by atoms with E-state index in [4.69, 9.17) is 0 Å². The lowest BCUT2D eigenvalue weighted by atomic mass is 10.1. The Morgan fingerprint density at radius 3 is 2.81 bits per heavy atom. The number of rotatable bonds is 6. The van der Waals surface area contributed by atoms with Gasteiger partial charge in [-0.05, 0) is 12.5 Å². The zero-order valence-electron chi connectivity index (χ0n) is 11.9. The van der Waals surface area contributed by atoms with Gasteiger partial charge in [-0.2, -0.15) is 0 Å². The van der Waals surface area contributed by atoms with Crippen molar-refractivity contribution in [3.05, 3.63) is 40.6 Å². The van der Waals surface area contributed by atoms with Crippen molar-refractivity contribution in [3.8, 4) is 0 Å². The summed E-state index contributed by atoms with van der Waals surface area (Å²) in [5, 5.41) is 15.0. The van der Waals surface area contributed by atoms with Crippen molar-refractivity contribution in [1.82, 2.24) is 4.98 Å². The van der Waals surface area contributed by atoms with Gasteiger partial charge in [-0.3, -0.25) is 14.3 Å². The van der Waals surface area contributed by atoms with Crippen LogP contribution in [0.1, 0.15) is 13.3 Å². The summed E-state index contributed by atoms with van der Waals surface area (Å²) in [6.45, 7) is 2.42. The third kappa shape index (κ3) is 3.55. The lowest BCUT2D eigenvalue weighted by Gasteiger charge is -2.12. The molecule has 2 unspecified atom stereocenters. The normalized spacial score (nSPS) is 13.8. The Hall–Kier alpha value is -2.02. The molecule has 0 spiro atoms. The molecular formula is C14H17N3O3S. The summed E-state index contributed by atoms with van der Waals surface area (Å²) < 4.78 is 11.3. The van der Waals surface area contributed by atoms with Crippen LogP contribution in [0.2, 0.25) is 0 Å².